The van der Waals surface area contributed by atoms with Crippen molar-refractivity contribution < 1.29 is 28.8 Å². The van der Waals surface area contributed by atoms with Gasteiger partial charge in [-0.05, 0) is 23.8 Å². The van der Waals surface area contributed by atoms with Crippen molar-refractivity contribution in [3.05, 3.63) is 70.8 Å². The molecular weight excluding hydrogens is 326 g/mol. The number of methoxy groups -OCH3 is 1. The van der Waals surface area contributed by atoms with E-state index in [2.05, 4.69) is 4.74 Å². The van der Waals surface area contributed by atoms with Crippen molar-refractivity contribution >= 4 is 23.8 Å². The van der Waals surface area contributed by atoms with E-state index in [1.165, 1.54) is 25.3 Å². The van der Waals surface area contributed by atoms with Crippen molar-refractivity contribution in [2.45, 2.75) is 6.42 Å². The Kier molecular flexibility index (Phi) is 4.30. The van der Waals surface area contributed by atoms with E-state index in [1.807, 2.05) is 0 Å². The number of hydrogen-bond donors (Lipinski definition) is 0. The highest BCUT2D eigenvalue weighted by molar-refractivity contribution is 6.21. The first-order valence-electron chi connectivity index (χ1n) is 7.37. The van der Waals surface area contributed by atoms with E-state index >= 15 is 0 Å². The number of carbonyl (C=O) groups excluding carboxylic acids is 4. The summed E-state index contributed by atoms with van der Waals surface area (Å²) in [6, 6.07) is 12.4. The van der Waals surface area contributed by atoms with Gasteiger partial charge in [-0.25, -0.2) is 4.79 Å². The first-order chi connectivity index (χ1) is 12.0. The monoisotopic (exact) mass is 339 g/mol. The average Bonchev–Trinajstić information content (AvgIpc) is 2.87. The summed E-state index contributed by atoms with van der Waals surface area (Å²) in [6.07, 6.45) is -0.135. The molecule has 0 aliphatic carbocycles. The zero-order valence-electron chi connectivity index (χ0n) is 13.2. The van der Waals surface area contributed by atoms with Gasteiger partial charge in [0, 0.05) is 0 Å². The van der Waals surface area contributed by atoms with Crippen LogP contribution in [0.5, 0.6) is 0 Å². The Labute approximate surface area is 142 Å². The minimum absolute atomic E-state index is 0.0736. The highest BCUT2D eigenvalue weighted by Gasteiger charge is 2.39. The number of ether oxygens (including phenoxy) is 1. The van der Waals surface area contributed by atoms with Gasteiger partial charge in [-0.1, -0.05) is 35.4 Å². The quantitative estimate of drug-likeness (QED) is 0.623. The molecule has 0 aromatic heterocycles. The van der Waals surface area contributed by atoms with Gasteiger partial charge < -0.3 is 9.57 Å². The molecule has 0 bridgehead atoms. The molecule has 2 aromatic carbocycles. The summed E-state index contributed by atoms with van der Waals surface area (Å²) in [5.41, 5.74) is 0.784. The minimum Gasteiger partial charge on any atom is -0.469 e. The molecule has 2 aromatic rings. The van der Waals surface area contributed by atoms with Crippen molar-refractivity contribution in [3.8, 4) is 0 Å². The minimum atomic E-state index is -0.908. The van der Waals surface area contributed by atoms with Gasteiger partial charge in [-0.3, -0.25) is 14.4 Å². The van der Waals surface area contributed by atoms with Crippen LogP contribution in [0.15, 0.2) is 48.5 Å². The molecule has 2 amide bonds. The molecule has 0 N–H and O–H groups in total. The largest absolute Gasteiger partial charge is 0.469 e. The molecule has 7 nitrogen and oxygen atoms in total. The SMILES string of the molecule is COC(=O)Cc1ccccc1C(=O)ON1C(=O)c2ccccc2C1=O. The fraction of sp³-hybridized carbons (Fsp3) is 0.111. The highest BCUT2D eigenvalue weighted by Crippen LogP contribution is 2.24. The third-order valence-corrected chi connectivity index (χ3v) is 3.73. The normalized spacial score (nSPS) is 12.8. The summed E-state index contributed by atoms with van der Waals surface area (Å²) in [6.45, 7) is 0. The number of rotatable bonds is 4. The second-order valence-corrected chi connectivity index (χ2v) is 5.24. The van der Waals surface area contributed by atoms with Gasteiger partial charge in [0.2, 0.25) is 0 Å². The second-order valence-electron chi connectivity index (χ2n) is 5.24. The number of imide groups is 1. The van der Waals surface area contributed by atoms with Crippen molar-refractivity contribution in [2.75, 3.05) is 7.11 Å². The van der Waals surface area contributed by atoms with Gasteiger partial charge >= 0.3 is 11.9 Å². The zero-order chi connectivity index (χ0) is 18.0. The fourth-order valence-electron chi connectivity index (χ4n) is 2.48. The van der Waals surface area contributed by atoms with Gasteiger partial charge in [-0.2, -0.15) is 0 Å². The Bertz CT molecular complexity index is 854. The fourth-order valence-corrected chi connectivity index (χ4v) is 2.48. The standard InChI is InChI=1S/C18H13NO6/c1-24-15(20)10-11-6-2-3-7-12(11)18(23)25-19-16(21)13-8-4-5-9-14(13)17(19)22/h2-9H,10H2,1H3. The molecule has 0 fully saturated rings. The lowest BCUT2D eigenvalue weighted by molar-refractivity contribution is -0.139. The smallest absolute Gasteiger partial charge is 0.364 e. The number of benzene rings is 2. The number of hydrogen-bond acceptors (Lipinski definition) is 6. The van der Waals surface area contributed by atoms with E-state index in [1.54, 1.807) is 30.3 Å². The summed E-state index contributed by atoms with van der Waals surface area (Å²) in [5, 5.41) is 0.432. The summed E-state index contributed by atoms with van der Waals surface area (Å²) < 4.78 is 4.59. The molecule has 1 heterocycles. The van der Waals surface area contributed by atoms with Gasteiger partial charge in [0.1, 0.15) is 0 Å². The first-order valence-corrected chi connectivity index (χ1v) is 7.37. The zero-order valence-corrected chi connectivity index (χ0v) is 13.2. The Morgan fingerprint density at radius 3 is 2.08 bits per heavy atom. The van der Waals surface area contributed by atoms with Crippen molar-refractivity contribution in [1.82, 2.24) is 5.06 Å². The van der Waals surface area contributed by atoms with Crippen LogP contribution in [0, 0.1) is 0 Å². The molecule has 25 heavy (non-hydrogen) atoms. The van der Waals surface area contributed by atoms with Crippen molar-refractivity contribution in [3.63, 3.8) is 0 Å². The third kappa shape index (κ3) is 2.99. The van der Waals surface area contributed by atoms with Crippen molar-refractivity contribution in [1.29, 1.82) is 0 Å². The van der Waals surface area contributed by atoms with Crippen LogP contribution in [0.3, 0.4) is 0 Å². The lowest BCUT2D eigenvalue weighted by atomic mass is 10.1. The van der Waals surface area contributed by atoms with Crippen molar-refractivity contribution in [2.24, 2.45) is 0 Å². The molecule has 3 rings (SSSR count). The topological polar surface area (TPSA) is 90.0 Å². The molecule has 0 saturated heterocycles. The van der Waals surface area contributed by atoms with E-state index < -0.39 is 23.8 Å². The molecule has 7 heteroatoms. The van der Waals surface area contributed by atoms with Crippen LogP contribution in [0.4, 0.5) is 0 Å². The van der Waals surface area contributed by atoms with Crippen LogP contribution >= 0.6 is 0 Å². The van der Waals surface area contributed by atoms with Gasteiger partial charge in [0.05, 0.1) is 30.2 Å². The molecule has 0 unspecified atom stereocenters. The number of fused-ring (bicyclic) bond motifs is 1. The van der Waals surface area contributed by atoms with Crippen LogP contribution in [0.2, 0.25) is 0 Å². The van der Waals surface area contributed by atoms with Crippen LogP contribution in [-0.2, 0) is 20.8 Å². The second kappa shape index (κ2) is 6.56. The molecule has 1 aliphatic heterocycles. The molecule has 0 atom stereocenters. The van der Waals surface area contributed by atoms with E-state index in [0.717, 1.165) is 0 Å². The predicted molar refractivity (Wildman–Crippen MR) is 84.5 cm³/mol. The number of nitrogens with zero attached hydrogens (tertiary/aromatic N) is 1. The molecule has 126 valence electrons. The first kappa shape index (κ1) is 16.4. The van der Waals surface area contributed by atoms with Gasteiger partial charge in [0.15, 0.2) is 0 Å². The van der Waals surface area contributed by atoms with Crippen LogP contribution in [0.1, 0.15) is 36.6 Å². The van der Waals surface area contributed by atoms with E-state index in [4.69, 9.17) is 4.84 Å². The predicted octanol–water partition coefficient (Wildman–Crippen LogP) is 1.77. The highest BCUT2D eigenvalue weighted by atomic mass is 16.7. The van der Waals surface area contributed by atoms with E-state index in [0.29, 0.717) is 10.6 Å². The summed E-state index contributed by atoms with van der Waals surface area (Å²) in [7, 11) is 1.24. The van der Waals surface area contributed by atoms with Crippen LogP contribution < -0.4 is 0 Å². The van der Waals surface area contributed by atoms with E-state index in [9.17, 15) is 19.2 Å². The number of hydroxylamine groups is 2. The summed E-state index contributed by atoms with van der Waals surface area (Å²) in [4.78, 5) is 53.4. The van der Waals surface area contributed by atoms with E-state index in [-0.39, 0.29) is 23.1 Å². The summed E-state index contributed by atoms with van der Waals surface area (Å²) in [5.74, 6) is -2.85. The lowest BCUT2D eigenvalue weighted by Gasteiger charge is -2.14. The lowest BCUT2D eigenvalue weighted by Crippen LogP contribution is -2.33. The molecule has 0 radical (unpaired) electrons. The van der Waals surface area contributed by atoms with Gasteiger partial charge in [-0.15, -0.1) is 0 Å². The Morgan fingerprint density at radius 1 is 0.920 bits per heavy atom. The number of amides is 2. The molecule has 1 aliphatic rings. The van der Waals surface area contributed by atoms with Crippen LogP contribution in [-0.4, -0.2) is 35.9 Å². The number of carbonyl (C=O) groups is 4. The third-order valence-electron chi connectivity index (χ3n) is 3.73. The Morgan fingerprint density at radius 2 is 1.48 bits per heavy atom. The van der Waals surface area contributed by atoms with Crippen LogP contribution in [0.25, 0.3) is 0 Å². The maximum absolute atomic E-state index is 12.4. The maximum Gasteiger partial charge on any atom is 0.364 e. The Balaban J connectivity index is 1.84. The Hall–Kier alpha value is -3.48. The summed E-state index contributed by atoms with van der Waals surface area (Å²) >= 11 is 0. The van der Waals surface area contributed by atoms with Gasteiger partial charge in [0.25, 0.3) is 11.8 Å². The molecule has 0 spiro atoms. The average molecular weight is 339 g/mol. The maximum atomic E-state index is 12.4. The molecular formula is C18H13NO6. The number of esters is 1. The molecule has 0 saturated carbocycles.